The Hall–Kier alpha value is -1.81. The van der Waals surface area contributed by atoms with Crippen LogP contribution in [0.4, 0.5) is 0 Å². The Balaban J connectivity index is 2.23. The van der Waals surface area contributed by atoms with Gasteiger partial charge in [0.25, 0.3) is 0 Å². The molecule has 2 aliphatic carbocycles. The maximum absolute atomic E-state index is 14.0. The van der Waals surface area contributed by atoms with Crippen LogP contribution in [0.15, 0.2) is 12.7 Å². The Morgan fingerprint density at radius 2 is 1.76 bits per heavy atom. The topological polar surface area (TPSA) is 123 Å². The van der Waals surface area contributed by atoms with Gasteiger partial charge in [0.05, 0.1) is 18.1 Å². The molecule has 0 unspecified atom stereocenters. The van der Waals surface area contributed by atoms with Crippen LogP contribution in [0.5, 0.6) is 0 Å². The fourth-order valence-corrected chi connectivity index (χ4v) is 7.74. The van der Waals surface area contributed by atoms with Gasteiger partial charge >= 0.3 is 11.9 Å². The van der Waals surface area contributed by atoms with Crippen molar-refractivity contribution >= 4 is 17.7 Å². The highest BCUT2D eigenvalue weighted by Gasteiger charge is 2.82. The average Bonchev–Trinajstić information content (AvgIpc) is 2.82. The van der Waals surface area contributed by atoms with Crippen LogP contribution >= 0.6 is 0 Å². The maximum Gasteiger partial charge on any atom is 0.307 e. The van der Waals surface area contributed by atoms with Crippen LogP contribution in [0.1, 0.15) is 81.1 Å². The second-order valence-electron chi connectivity index (χ2n) is 12.6. The first-order valence-corrected chi connectivity index (χ1v) is 13.8. The van der Waals surface area contributed by atoms with E-state index in [0.29, 0.717) is 19.4 Å². The normalized spacial score (nSPS) is 42.1. The zero-order valence-electron chi connectivity index (χ0n) is 24.3. The van der Waals surface area contributed by atoms with Gasteiger partial charge in [-0.2, -0.15) is 0 Å². The number of hydrogen-bond acceptors (Lipinski definition) is 9. The Labute approximate surface area is 226 Å². The molecule has 3 aliphatic rings. The molecule has 3 fully saturated rings. The van der Waals surface area contributed by atoms with Gasteiger partial charge < -0.3 is 29.3 Å². The van der Waals surface area contributed by atoms with Gasteiger partial charge in [0, 0.05) is 31.2 Å². The largest absolute Gasteiger partial charge is 0.458 e. The smallest absolute Gasteiger partial charge is 0.307 e. The molecule has 216 valence electrons. The number of Topliss-reactive ketones (excluding diaryl/α,β-unsaturated/α-hetero) is 1. The van der Waals surface area contributed by atoms with Crippen molar-refractivity contribution in [3.8, 4) is 0 Å². The molecular weight excluding hydrogens is 490 g/mol. The molecule has 3 rings (SSSR count). The summed E-state index contributed by atoms with van der Waals surface area (Å²) in [6.07, 6.45) is -1.16. The van der Waals surface area contributed by atoms with Crippen molar-refractivity contribution in [3.63, 3.8) is 0 Å². The number of aliphatic hydroxyl groups excluding tert-OH is 1. The highest BCUT2D eigenvalue weighted by atomic mass is 16.6. The number of ether oxygens (including phenoxy) is 3. The molecule has 8 atom stereocenters. The fraction of sp³-hybridized carbons (Fsp3) is 0.828. The number of carbonyl (C=O) groups excluding carboxylic acids is 3. The minimum absolute atomic E-state index is 0.114. The van der Waals surface area contributed by atoms with Crippen LogP contribution < -0.4 is 0 Å². The lowest BCUT2D eigenvalue weighted by molar-refractivity contribution is -0.371. The number of nitrogens with zero attached hydrogens (tertiary/aromatic N) is 1. The van der Waals surface area contributed by atoms with Crippen LogP contribution in [0, 0.1) is 16.7 Å². The van der Waals surface area contributed by atoms with Crippen molar-refractivity contribution in [1.29, 1.82) is 0 Å². The van der Waals surface area contributed by atoms with Gasteiger partial charge in [-0.3, -0.25) is 14.4 Å². The zero-order valence-corrected chi connectivity index (χ0v) is 24.3. The molecule has 0 aromatic rings. The summed E-state index contributed by atoms with van der Waals surface area (Å²) in [5.74, 6) is -2.40. The molecule has 1 aliphatic heterocycles. The van der Waals surface area contributed by atoms with Crippen molar-refractivity contribution in [1.82, 2.24) is 4.90 Å². The maximum atomic E-state index is 14.0. The third kappa shape index (κ3) is 4.53. The van der Waals surface area contributed by atoms with Gasteiger partial charge in [0.1, 0.15) is 11.7 Å². The van der Waals surface area contributed by atoms with Crippen molar-refractivity contribution < 1.29 is 38.8 Å². The van der Waals surface area contributed by atoms with E-state index in [1.807, 2.05) is 27.7 Å². The Morgan fingerprint density at radius 1 is 1.16 bits per heavy atom. The van der Waals surface area contributed by atoms with E-state index >= 15 is 0 Å². The average molecular weight is 538 g/mol. The lowest BCUT2D eigenvalue weighted by Crippen LogP contribution is -2.87. The van der Waals surface area contributed by atoms with E-state index in [1.165, 1.54) is 19.9 Å². The first-order chi connectivity index (χ1) is 17.5. The third-order valence-electron chi connectivity index (χ3n) is 9.79. The molecule has 9 heteroatoms. The van der Waals surface area contributed by atoms with Crippen molar-refractivity contribution in [2.75, 3.05) is 19.6 Å². The van der Waals surface area contributed by atoms with Crippen molar-refractivity contribution in [2.45, 2.75) is 116 Å². The molecule has 0 spiro atoms. The quantitative estimate of drug-likeness (QED) is 0.355. The summed E-state index contributed by atoms with van der Waals surface area (Å²) < 4.78 is 18.5. The number of esters is 2. The molecule has 0 bridgehead atoms. The van der Waals surface area contributed by atoms with Gasteiger partial charge in [-0.25, -0.2) is 0 Å². The summed E-state index contributed by atoms with van der Waals surface area (Å²) >= 11 is 0. The molecular formula is C29H47NO8. The first-order valence-electron chi connectivity index (χ1n) is 13.8. The third-order valence-corrected chi connectivity index (χ3v) is 9.79. The highest BCUT2D eigenvalue weighted by Crippen LogP contribution is 2.67. The van der Waals surface area contributed by atoms with E-state index < -0.39 is 69.6 Å². The summed E-state index contributed by atoms with van der Waals surface area (Å²) in [7, 11) is 0. The number of hydrogen-bond donors (Lipinski definition) is 2. The number of ketones is 1. The minimum atomic E-state index is -2.24. The lowest BCUT2D eigenvalue weighted by Gasteiger charge is -2.71. The SMILES string of the molecule is C=C[C@@]1(C)CC(=O)[C@]2(O)[C@@]3(C)[C@@H](O)CCC(C)(C)[C@@H]3[C@H](OC(=O)CCN(CC)CC)[C@H](OC(C)=O)[C@@]2(C)O1. The Bertz CT molecular complexity index is 962. The second kappa shape index (κ2) is 10.3. The fourth-order valence-electron chi connectivity index (χ4n) is 7.74. The molecule has 2 saturated carbocycles. The summed E-state index contributed by atoms with van der Waals surface area (Å²) in [5.41, 5.74) is -7.32. The van der Waals surface area contributed by atoms with Crippen LogP contribution in [0.3, 0.4) is 0 Å². The van der Waals surface area contributed by atoms with E-state index in [0.717, 1.165) is 13.1 Å². The lowest BCUT2D eigenvalue weighted by atomic mass is 9.39. The Morgan fingerprint density at radius 3 is 2.29 bits per heavy atom. The van der Waals surface area contributed by atoms with E-state index in [1.54, 1.807) is 13.8 Å². The molecule has 1 saturated heterocycles. The summed E-state index contributed by atoms with van der Waals surface area (Å²) in [4.78, 5) is 41.9. The predicted molar refractivity (Wildman–Crippen MR) is 141 cm³/mol. The highest BCUT2D eigenvalue weighted by molar-refractivity contribution is 5.92. The molecule has 0 aromatic heterocycles. The van der Waals surface area contributed by atoms with E-state index in [-0.39, 0.29) is 12.8 Å². The molecule has 0 radical (unpaired) electrons. The van der Waals surface area contributed by atoms with Crippen molar-refractivity contribution in [3.05, 3.63) is 12.7 Å². The summed E-state index contributed by atoms with van der Waals surface area (Å²) in [6, 6.07) is 0. The number of carbonyl (C=O) groups is 3. The Kier molecular flexibility index (Phi) is 8.33. The van der Waals surface area contributed by atoms with Crippen LogP contribution in [0.25, 0.3) is 0 Å². The summed E-state index contributed by atoms with van der Waals surface area (Å²) in [6.45, 7) is 20.0. The van der Waals surface area contributed by atoms with E-state index in [4.69, 9.17) is 14.2 Å². The first kappa shape index (κ1) is 30.7. The monoisotopic (exact) mass is 537 g/mol. The van der Waals surface area contributed by atoms with Gasteiger partial charge in [-0.1, -0.05) is 40.7 Å². The second-order valence-corrected chi connectivity index (χ2v) is 12.6. The molecule has 0 amide bonds. The molecule has 9 nitrogen and oxygen atoms in total. The molecule has 2 N–H and O–H groups in total. The minimum Gasteiger partial charge on any atom is -0.458 e. The van der Waals surface area contributed by atoms with Gasteiger partial charge in [-0.05, 0) is 45.2 Å². The predicted octanol–water partition coefficient (Wildman–Crippen LogP) is 2.80. The summed E-state index contributed by atoms with van der Waals surface area (Å²) in [5, 5.41) is 24.1. The van der Waals surface area contributed by atoms with Gasteiger partial charge in [0.2, 0.25) is 0 Å². The standard InChI is InChI=1S/C29H47NO8/c1-10-26(7)17-20(33)29(35)27(8)19(32)13-15-25(5,6)23(27)22(24(36-18(4)31)28(29,9)38-26)37-21(34)14-16-30(11-2)12-3/h10,19,22-24,32,35H,1,11-17H2,2-9H3/t19-,22-,23-,24-,26-,27-,28+,29-/m0/s1. The molecule has 38 heavy (non-hydrogen) atoms. The molecule has 1 heterocycles. The number of fused-ring (bicyclic) bond motifs is 3. The molecule has 0 aromatic carbocycles. The number of aliphatic hydroxyl groups is 2. The van der Waals surface area contributed by atoms with Crippen LogP contribution in [-0.4, -0.2) is 87.6 Å². The van der Waals surface area contributed by atoms with Crippen LogP contribution in [0.2, 0.25) is 0 Å². The van der Waals surface area contributed by atoms with E-state index in [9.17, 15) is 24.6 Å². The van der Waals surface area contributed by atoms with Gasteiger partial charge in [0.15, 0.2) is 17.5 Å². The van der Waals surface area contributed by atoms with Crippen LogP contribution in [-0.2, 0) is 28.6 Å². The van der Waals surface area contributed by atoms with Crippen molar-refractivity contribution in [2.24, 2.45) is 16.7 Å². The van der Waals surface area contributed by atoms with Gasteiger partial charge in [-0.15, -0.1) is 6.58 Å². The number of rotatable bonds is 8. The van der Waals surface area contributed by atoms with E-state index in [2.05, 4.69) is 11.5 Å². The zero-order chi connectivity index (χ0) is 28.9.